The molecular weight excluding hydrogens is 696 g/mol. The summed E-state index contributed by atoms with van der Waals surface area (Å²) >= 11 is 0. The van der Waals surface area contributed by atoms with E-state index in [-0.39, 0.29) is 30.4 Å². The number of likely N-dealkylation sites (tertiary alicyclic amines) is 2. The third kappa shape index (κ3) is 7.41. The van der Waals surface area contributed by atoms with Gasteiger partial charge in [-0.1, -0.05) is 30.3 Å². The number of benzene rings is 3. The van der Waals surface area contributed by atoms with E-state index in [1.807, 2.05) is 69.1 Å². The first kappa shape index (κ1) is 37.0. The zero-order chi connectivity index (χ0) is 38.3. The second-order valence-electron chi connectivity index (χ2n) is 14.9. The van der Waals surface area contributed by atoms with Crippen molar-refractivity contribution in [1.29, 1.82) is 0 Å². The summed E-state index contributed by atoms with van der Waals surface area (Å²) in [5.74, 6) is 0.688. The van der Waals surface area contributed by atoms with E-state index in [1.54, 1.807) is 11.0 Å². The van der Waals surface area contributed by atoms with E-state index < -0.39 is 18.3 Å². The molecular formula is C41H45F2N5O6. The van der Waals surface area contributed by atoms with Gasteiger partial charge in [-0.25, -0.2) is 14.8 Å². The molecule has 0 unspecified atom stereocenters. The van der Waals surface area contributed by atoms with Crippen molar-refractivity contribution in [1.82, 2.24) is 24.8 Å². The van der Waals surface area contributed by atoms with Crippen molar-refractivity contribution in [3.05, 3.63) is 77.2 Å². The Hall–Kier alpha value is -5.30. The first-order valence-electron chi connectivity index (χ1n) is 18.3. The SMILES string of the molecule is COC(=O)[C@@H]1CCCN1Cc1cc2nc(-c3cccc(-c4cccc(-c5cnc([C@@H]6CCCN6C(=O)OC(C)(C)C)[nH]5)c4C)c3C)oc2cc1OC(F)F. The number of imidazole rings is 1. The fraction of sp³-hybridized carbons (Fsp3) is 0.415. The van der Waals surface area contributed by atoms with Crippen LogP contribution in [0.15, 0.2) is 59.1 Å². The van der Waals surface area contributed by atoms with Gasteiger partial charge in [0.2, 0.25) is 5.89 Å². The number of carbonyl (C=O) groups is 2. The Morgan fingerprint density at radius 1 is 0.981 bits per heavy atom. The highest BCUT2D eigenvalue weighted by molar-refractivity contribution is 5.84. The summed E-state index contributed by atoms with van der Waals surface area (Å²) in [7, 11) is 1.34. The van der Waals surface area contributed by atoms with Gasteiger partial charge in [-0.3, -0.25) is 14.6 Å². The Bertz CT molecular complexity index is 2190. The zero-order valence-electron chi connectivity index (χ0n) is 31.4. The first-order chi connectivity index (χ1) is 25.8. The van der Waals surface area contributed by atoms with Crippen LogP contribution in [0.25, 0.3) is 44.9 Å². The van der Waals surface area contributed by atoms with E-state index in [1.165, 1.54) is 13.2 Å². The lowest BCUT2D eigenvalue weighted by Gasteiger charge is -2.27. The standard InChI is InChI=1S/C41H45F2N5O6/c1-23-26(11-7-13-28(23)31-21-44-36(45-31)32-15-10-18-48(32)40(50)54-41(3,4)5)27-12-8-14-29(24(27)2)37-46-30-19-25(34(53-39(42)43)20-35(30)52-37)22-47-17-9-16-33(47)38(49)51-6/h7-8,11-14,19-21,32-33,39H,9-10,15-18,22H2,1-6H3,(H,44,45)/t32-,33-/m0/s1. The van der Waals surface area contributed by atoms with Gasteiger partial charge in [0.1, 0.15) is 28.7 Å². The fourth-order valence-corrected chi connectivity index (χ4v) is 7.69. The molecule has 2 aromatic heterocycles. The van der Waals surface area contributed by atoms with Gasteiger partial charge in [-0.05, 0) is 101 Å². The van der Waals surface area contributed by atoms with E-state index in [4.69, 9.17) is 28.6 Å². The largest absolute Gasteiger partial charge is 0.468 e. The Morgan fingerprint density at radius 3 is 2.37 bits per heavy atom. The van der Waals surface area contributed by atoms with Crippen LogP contribution in [0.3, 0.4) is 0 Å². The number of halogens is 2. The van der Waals surface area contributed by atoms with E-state index in [2.05, 4.69) is 18.0 Å². The molecule has 54 heavy (non-hydrogen) atoms. The van der Waals surface area contributed by atoms with Gasteiger partial charge in [0.25, 0.3) is 0 Å². The number of fused-ring (bicyclic) bond motifs is 1. The average molecular weight is 742 g/mol. The van der Waals surface area contributed by atoms with Crippen molar-refractivity contribution >= 4 is 23.2 Å². The summed E-state index contributed by atoms with van der Waals surface area (Å²) in [6.07, 6.45) is 4.55. The lowest BCUT2D eigenvalue weighted by Crippen LogP contribution is -2.36. The Morgan fingerprint density at radius 2 is 1.67 bits per heavy atom. The normalized spacial score (nSPS) is 17.8. The van der Waals surface area contributed by atoms with Crippen LogP contribution in [-0.2, 0) is 20.8 Å². The van der Waals surface area contributed by atoms with Crippen LogP contribution in [0.2, 0.25) is 0 Å². The zero-order valence-corrected chi connectivity index (χ0v) is 31.4. The number of hydrogen-bond donors (Lipinski definition) is 1. The summed E-state index contributed by atoms with van der Waals surface area (Å²) < 4.78 is 48.9. The number of oxazole rings is 1. The molecule has 4 heterocycles. The summed E-state index contributed by atoms with van der Waals surface area (Å²) in [6.45, 7) is 8.06. The number of carbonyl (C=O) groups excluding carboxylic acids is 2. The average Bonchev–Trinajstić information content (AvgIpc) is 3.94. The molecule has 0 spiro atoms. The molecule has 0 aliphatic carbocycles. The van der Waals surface area contributed by atoms with Crippen molar-refractivity contribution in [3.8, 4) is 39.6 Å². The molecule has 11 nitrogen and oxygen atoms in total. The van der Waals surface area contributed by atoms with Crippen LogP contribution < -0.4 is 4.74 Å². The summed E-state index contributed by atoms with van der Waals surface area (Å²) in [4.78, 5) is 42.0. The number of amides is 1. The molecule has 284 valence electrons. The molecule has 0 radical (unpaired) electrons. The Labute approximate surface area is 312 Å². The van der Waals surface area contributed by atoms with Gasteiger partial charge in [0.05, 0.1) is 25.0 Å². The number of nitrogens with one attached hydrogen (secondary N) is 1. The number of aromatic amines is 1. The third-order valence-electron chi connectivity index (χ3n) is 10.3. The highest BCUT2D eigenvalue weighted by Crippen LogP contribution is 2.39. The molecule has 2 atom stereocenters. The Balaban J connectivity index is 1.18. The van der Waals surface area contributed by atoms with Gasteiger partial charge in [0.15, 0.2) is 5.58 Å². The lowest BCUT2D eigenvalue weighted by molar-refractivity contribution is -0.146. The van der Waals surface area contributed by atoms with Gasteiger partial charge in [-0.15, -0.1) is 0 Å². The Kier molecular flexibility index (Phi) is 10.2. The van der Waals surface area contributed by atoms with E-state index >= 15 is 0 Å². The van der Waals surface area contributed by atoms with Gasteiger partial charge < -0.3 is 23.6 Å². The quantitative estimate of drug-likeness (QED) is 0.148. The summed E-state index contributed by atoms with van der Waals surface area (Å²) in [6, 6.07) is 14.5. The van der Waals surface area contributed by atoms with Crippen molar-refractivity contribution in [2.24, 2.45) is 0 Å². The molecule has 2 aliphatic rings. The first-order valence-corrected chi connectivity index (χ1v) is 18.3. The molecule has 2 aliphatic heterocycles. The van der Waals surface area contributed by atoms with Crippen molar-refractivity contribution in [2.45, 2.75) is 91.1 Å². The molecule has 0 saturated carbocycles. The molecule has 7 rings (SSSR count). The maximum Gasteiger partial charge on any atom is 0.410 e. The lowest BCUT2D eigenvalue weighted by atomic mass is 9.91. The van der Waals surface area contributed by atoms with Crippen LogP contribution in [0.4, 0.5) is 13.6 Å². The third-order valence-corrected chi connectivity index (χ3v) is 10.3. The molecule has 5 aromatic rings. The van der Waals surface area contributed by atoms with Crippen LogP contribution in [0.1, 0.15) is 75.0 Å². The van der Waals surface area contributed by atoms with Crippen LogP contribution in [0, 0.1) is 13.8 Å². The molecule has 2 saturated heterocycles. The molecule has 2 fully saturated rings. The number of rotatable bonds is 9. The minimum absolute atomic E-state index is 0.0268. The number of nitrogens with zero attached hydrogens (tertiary/aromatic N) is 4. The van der Waals surface area contributed by atoms with E-state index in [0.29, 0.717) is 42.1 Å². The number of H-pyrrole nitrogens is 1. The molecule has 1 amide bonds. The second-order valence-corrected chi connectivity index (χ2v) is 14.9. The van der Waals surface area contributed by atoms with Crippen molar-refractivity contribution < 1.29 is 37.0 Å². The predicted molar refractivity (Wildman–Crippen MR) is 199 cm³/mol. The number of methoxy groups -OCH3 is 1. The van der Waals surface area contributed by atoms with Crippen LogP contribution >= 0.6 is 0 Å². The smallest absolute Gasteiger partial charge is 0.410 e. The summed E-state index contributed by atoms with van der Waals surface area (Å²) in [5.41, 5.74) is 7.21. The van der Waals surface area contributed by atoms with Gasteiger partial charge >= 0.3 is 18.7 Å². The minimum atomic E-state index is -3.04. The van der Waals surface area contributed by atoms with Crippen LogP contribution in [-0.4, -0.2) is 75.3 Å². The number of esters is 1. The number of hydrogen-bond acceptors (Lipinski definition) is 9. The molecule has 13 heteroatoms. The maximum absolute atomic E-state index is 13.6. The second kappa shape index (κ2) is 14.8. The molecule has 1 N–H and O–H groups in total. The van der Waals surface area contributed by atoms with Crippen molar-refractivity contribution in [3.63, 3.8) is 0 Å². The number of aromatic nitrogens is 3. The molecule has 3 aromatic carbocycles. The minimum Gasteiger partial charge on any atom is -0.468 e. The summed E-state index contributed by atoms with van der Waals surface area (Å²) in [5, 5.41) is 0. The van der Waals surface area contributed by atoms with E-state index in [0.717, 1.165) is 64.2 Å². The fourth-order valence-electron chi connectivity index (χ4n) is 7.69. The number of alkyl halides is 2. The number of ether oxygens (including phenoxy) is 3. The van der Waals surface area contributed by atoms with Crippen LogP contribution in [0.5, 0.6) is 5.75 Å². The highest BCUT2D eigenvalue weighted by Gasteiger charge is 2.35. The van der Waals surface area contributed by atoms with Gasteiger partial charge in [0, 0.05) is 35.8 Å². The monoisotopic (exact) mass is 741 g/mol. The predicted octanol–water partition coefficient (Wildman–Crippen LogP) is 8.98. The topological polar surface area (TPSA) is 123 Å². The van der Waals surface area contributed by atoms with E-state index in [9.17, 15) is 18.4 Å². The van der Waals surface area contributed by atoms with Crippen molar-refractivity contribution in [2.75, 3.05) is 20.2 Å². The maximum atomic E-state index is 13.6. The highest BCUT2D eigenvalue weighted by atomic mass is 19.3. The van der Waals surface area contributed by atoms with Gasteiger partial charge in [-0.2, -0.15) is 8.78 Å². The molecule has 0 bridgehead atoms.